The second kappa shape index (κ2) is 3.82. The molecule has 1 aromatic carbocycles. The lowest BCUT2D eigenvalue weighted by molar-refractivity contribution is 0.0236. The van der Waals surface area contributed by atoms with Crippen LogP contribution in [-0.4, -0.2) is 12.1 Å². The van der Waals surface area contributed by atoms with Crippen molar-refractivity contribution in [2.24, 2.45) is 0 Å². The first kappa shape index (κ1) is 9.25. The number of ether oxygens (including phenoxy) is 1. The SMILES string of the molecule is CCCC1Cc2ccccc2C(=O)O1. The van der Waals surface area contributed by atoms with E-state index in [2.05, 4.69) is 6.92 Å². The summed E-state index contributed by atoms with van der Waals surface area (Å²) < 4.78 is 5.31. The Hall–Kier alpha value is -1.31. The Morgan fingerprint density at radius 2 is 2.21 bits per heavy atom. The van der Waals surface area contributed by atoms with Gasteiger partial charge in [-0.3, -0.25) is 0 Å². The molecule has 14 heavy (non-hydrogen) atoms. The molecule has 0 fully saturated rings. The molecular weight excluding hydrogens is 176 g/mol. The number of hydrogen-bond donors (Lipinski definition) is 0. The monoisotopic (exact) mass is 190 g/mol. The summed E-state index contributed by atoms with van der Waals surface area (Å²) in [7, 11) is 0. The molecule has 1 aromatic rings. The number of carbonyl (C=O) groups excluding carboxylic acids is 1. The van der Waals surface area contributed by atoms with Crippen molar-refractivity contribution >= 4 is 5.97 Å². The van der Waals surface area contributed by atoms with Crippen molar-refractivity contribution in [1.29, 1.82) is 0 Å². The number of benzene rings is 1. The van der Waals surface area contributed by atoms with E-state index in [-0.39, 0.29) is 12.1 Å². The average molecular weight is 190 g/mol. The maximum absolute atomic E-state index is 11.5. The van der Waals surface area contributed by atoms with Crippen LogP contribution in [-0.2, 0) is 11.2 Å². The van der Waals surface area contributed by atoms with Gasteiger partial charge in [0.1, 0.15) is 6.10 Å². The van der Waals surface area contributed by atoms with Gasteiger partial charge in [-0.05, 0) is 18.1 Å². The minimum atomic E-state index is -0.162. The first-order valence-corrected chi connectivity index (χ1v) is 5.10. The third kappa shape index (κ3) is 1.65. The summed E-state index contributed by atoms with van der Waals surface area (Å²) in [4.78, 5) is 11.5. The molecule has 1 aliphatic heterocycles. The lowest BCUT2D eigenvalue weighted by atomic mass is 9.97. The Bertz CT molecular complexity index is 344. The maximum atomic E-state index is 11.5. The summed E-state index contributed by atoms with van der Waals surface area (Å²) in [6.45, 7) is 2.11. The number of hydrogen-bond acceptors (Lipinski definition) is 2. The van der Waals surface area contributed by atoms with E-state index in [1.807, 2.05) is 24.3 Å². The molecule has 2 nitrogen and oxygen atoms in total. The van der Waals surface area contributed by atoms with E-state index in [9.17, 15) is 4.79 Å². The van der Waals surface area contributed by atoms with Crippen molar-refractivity contribution in [2.45, 2.75) is 32.3 Å². The molecule has 0 bridgehead atoms. The molecule has 0 radical (unpaired) electrons. The fraction of sp³-hybridized carbons (Fsp3) is 0.417. The Morgan fingerprint density at radius 3 is 3.00 bits per heavy atom. The van der Waals surface area contributed by atoms with Gasteiger partial charge in [0.2, 0.25) is 0 Å². The Balaban J connectivity index is 2.24. The van der Waals surface area contributed by atoms with E-state index in [0.29, 0.717) is 0 Å². The molecule has 74 valence electrons. The highest BCUT2D eigenvalue weighted by Gasteiger charge is 2.24. The lowest BCUT2D eigenvalue weighted by Gasteiger charge is -2.24. The minimum absolute atomic E-state index is 0.0856. The molecule has 2 heteroatoms. The van der Waals surface area contributed by atoms with Gasteiger partial charge in [0.25, 0.3) is 0 Å². The molecule has 0 aromatic heterocycles. The Kier molecular flexibility index (Phi) is 2.53. The van der Waals surface area contributed by atoms with Crippen LogP contribution in [0.4, 0.5) is 0 Å². The summed E-state index contributed by atoms with van der Waals surface area (Å²) in [6.07, 6.45) is 2.97. The van der Waals surface area contributed by atoms with Crippen LogP contribution in [0.2, 0.25) is 0 Å². The number of carbonyl (C=O) groups is 1. The molecular formula is C12H14O2. The number of rotatable bonds is 2. The number of fused-ring (bicyclic) bond motifs is 1. The second-order valence-corrected chi connectivity index (χ2v) is 3.68. The van der Waals surface area contributed by atoms with Gasteiger partial charge >= 0.3 is 5.97 Å². The highest BCUT2D eigenvalue weighted by Crippen LogP contribution is 2.22. The zero-order valence-electron chi connectivity index (χ0n) is 8.32. The summed E-state index contributed by atoms with van der Waals surface area (Å²) in [5.74, 6) is -0.162. The van der Waals surface area contributed by atoms with Crippen LogP contribution in [0.5, 0.6) is 0 Å². The van der Waals surface area contributed by atoms with Crippen LogP contribution in [0.3, 0.4) is 0 Å². The van der Waals surface area contributed by atoms with Crippen molar-refractivity contribution in [3.05, 3.63) is 35.4 Å². The van der Waals surface area contributed by atoms with Gasteiger partial charge in [-0.1, -0.05) is 31.5 Å². The first-order valence-electron chi connectivity index (χ1n) is 5.10. The molecule has 0 N–H and O–H groups in total. The predicted octanol–water partition coefficient (Wildman–Crippen LogP) is 2.57. The van der Waals surface area contributed by atoms with E-state index < -0.39 is 0 Å². The minimum Gasteiger partial charge on any atom is -0.458 e. The van der Waals surface area contributed by atoms with Crippen molar-refractivity contribution in [2.75, 3.05) is 0 Å². The topological polar surface area (TPSA) is 26.3 Å². The van der Waals surface area contributed by atoms with E-state index in [1.54, 1.807) is 0 Å². The summed E-state index contributed by atoms with van der Waals surface area (Å²) in [5.41, 5.74) is 1.86. The molecule has 0 saturated carbocycles. The Morgan fingerprint density at radius 1 is 1.43 bits per heavy atom. The third-order valence-electron chi connectivity index (χ3n) is 2.57. The number of cyclic esters (lactones) is 1. The molecule has 1 heterocycles. The van der Waals surface area contributed by atoms with Gasteiger partial charge in [0, 0.05) is 6.42 Å². The first-order chi connectivity index (χ1) is 6.81. The highest BCUT2D eigenvalue weighted by molar-refractivity contribution is 5.92. The van der Waals surface area contributed by atoms with Crippen molar-refractivity contribution in [3.8, 4) is 0 Å². The normalized spacial score (nSPS) is 20.1. The lowest BCUT2D eigenvalue weighted by Crippen LogP contribution is -2.27. The maximum Gasteiger partial charge on any atom is 0.338 e. The van der Waals surface area contributed by atoms with Gasteiger partial charge in [-0.25, -0.2) is 4.79 Å². The molecule has 1 aliphatic rings. The van der Waals surface area contributed by atoms with Crippen LogP contribution in [0.15, 0.2) is 24.3 Å². The van der Waals surface area contributed by atoms with Gasteiger partial charge in [0.05, 0.1) is 5.56 Å². The Labute approximate surface area is 83.9 Å². The summed E-state index contributed by atoms with van der Waals surface area (Å²) >= 11 is 0. The molecule has 0 aliphatic carbocycles. The standard InChI is InChI=1S/C12H14O2/c1-2-5-10-8-9-6-3-4-7-11(9)12(13)14-10/h3-4,6-7,10H,2,5,8H2,1H3. The van der Waals surface area contributed by atoms with Gasteiger partial charge in [0.15, 0.2) is 0 Å². The van der Waals surface area contributed by atoms with Crippen LogP contribution < -0.4 is 0 Å². The largest absolute Gasteiger partial charge is 0.458 e. The van der Waals surface area contributed by atoms with Gasteiger partial charge in [-0.15, -0.1) is 0 Å². The fourth-order valence-electron chi connectivity index (χ4n) is 1.88. The fourth-order valence-corrected chi connectivity index (χ4v) is 1.88. The number of esters is 1. The van der Waals surface area contributed by atoms with Gasteiger partial charge < -0.3 is 4.74 Å². The predicted molar refractivity (Wildman–Crippen MR) is 54.3 cm³/mol. The van der Waals surface area contributed by atoms with E-state index >= 15 is 0 Å². The quantitative estimate of drug-likeness (QED) is 0.670. The summed E-state index contributed by atoms with van der Waals surface area (Å²) in [6, 6.07) is 7.69. The van der Waals surface area contributed by atoms with E-state index in [0.717, 1.165) is 30.4 Å². The molecule has 0 saturated heterocycles. The van der Waals surface area contributed by atoms with Crippen LogP contribution >= 0.6 is 0 Å². The van der Waals surface area contributed by atoms with Crippen LogP contribution in [0, 0.1) is 0 Å². The van der Waals surface area contributed by atoms with E-state index in [4.69, 9.17) is 4.74 Å². The zero-order valence-corrected chi connectivity index (χ0v) is 8.32. The molecule has 0 amide bonds. The molecule has 0 spiro atoms. The highest BCUT2D eigenvalue weighted by atomic mass is 16.5. The molecule has 1 atom stereocenters. The van der Waals surface area contributed by atoms with Crippen molar-refractivity contribution in [3.63, 3.8) is 0 Å². The van der Waals surface area contributed by atoms with Crippen molar-refractivity contribution in [1.82, 2.24) is 0 Å². The van der Waals surface area contributed by atoms with Crippen molar-refractivity contribution < 1.29 is 9.53 Å². The molecule has 1 unspecified atom stereocenters. The average Bonchev–Trinajstić information content (AvgIpc) is 2.18. The summed E-state index contributed by atoms with van der Waals surface area (Å²) in [5, 5.41) is 0. The second-order valence-electron chi connectivity index (χ2n) is 3.68. The zero-order chi connectivity index (χ0) is 9.97. The van der Waals surface area contributed by atoms with Crippen LogP contribution in [0.25, 0.3) is 0 Å². The van der Waals surface area contributed by atoms with E-state index in [1.165, 1.54) is 0 Å². The third-order valence-corrected chi connectivity index (χ3v) is 2.57. The molecule has 2 rings (SSSR count). The smallest absolute Gasteiger partial charge is 0.338 e. The van der Waals surface area contributed by atoms with Gasteiger partial charge in [-0.2, -0.15) is 0 Å². The van der Waals surface area contributed by atoms with Crippen LogP contribution in [0.1, 0.15) is 35.7 Å².